The van der Waals surface area contributed by atoms with Crippen LogP contribution in [0.2, 0.25) is 0 Å². The number of carbonyl (C=O) groups excluding carboxylic acids is 1. The number of halogens is 2. The quantitative estimate of drug-likeness (QED) is 0.437. The highest BCUT2D eigenvalue weighted by Gasteiger charge is 2.28. The van der Waals surface area contributed by atoms with Gasteiger partial charge in [-0.2, -0.15) is 0 Å². The van der Waals surface area contributed by atoms with E-state index in [2.05, 4.69) is 0 Å². The van der Waals surface area contributed by atoms with Crippen LogP contribution in [0.25, 0.3) is 0 Å². The Morgan fingerprint density at radius 2 is 1.62 bits per heavy atom. The molecule has 0 bridgehead atoms. The van der Waals surface area contributed by atoms with Gasteiger partial charge in [-0.1, -0.05) is 0 Å². The lowest BCUT2D eigenvalue weighted by Crippen LogP contribution is -2.53. The van der Waals surface area contributed by atoms with E-state index in [-0.39, 0.29) is 42.8 Å². The fourth-order valence-electron chi connectivity index (χ4n) is 2.78. The fraction of sp³-hybridized carbons (Fsp3) is 0.167. The molecular formula is C18H17F2N5O. The highest BCUT2D eigenvalue weighted by molar-refractivity contribution is 6.09. The molecule has 0 unspecified atom stereocenters. The molecule has 134 valence electrons. The minimum absolute atomic E-state index is 0.00336. The average Bonchev–Trinajstić information content (AvgIpc) is 2.60. The van der Waals surface area contributed by atoms with Crippen LogP contribution >= 0.6 is 0 Å². The van der Waals surface area contributed by atoms with Gasteiger partial charge in [-0.15, -0.1) is 0 Å². The van der Waals surface area contributed by atoms with E-state index in [0.717, 1.165) is 18.2 Å². The van der Waals surface area contributed by atoms with Crippen molar-refractivity contribution in [1.82, 2.24) is 9.80 Å². The highest BCUT2D eigenvalue weighted by atomic mass is 19.1. The zero-order valence-corrected chi connectivity index (χ0v) is 13.8. The number of hydrogen-bond acceptors (Lipinski definition) is 4. The van der Waals surface area contributed by atoms with E-state index < -0.39 is 11.6 Å². The molecule has 1 saturated heterocycles. The Kier molecular flexibility index (Phi) is 4.66. The summed E-state index contributed by atoms with van der Waals surface area (Å²) in [6.07, 6.45) is 0. The van der Waals surface area contributed by atoms with Gasteiger partial charge in [0.1, 0.15) is 23.3 Å². The molecule has 2 aromatic carbocycles. The van der Waals surface area contributed by atoms with E-state index in [1.165, 1.54) is 9.80 Å². The van der Waals surface area contributed by atoms with Gasteiger partial charge in [0, 0.05) is 36.0 Å². The number of carbonyl (C=O) groups is 1. The second-order valence-electron chi connectivity index (χ2n) is 5.95. The Hall–Kier alpha value is -3.29. The third-order valence-electron chi connectivity index (χ3n) is 4.11. The second kappa shape index (κ2) is 6.91. The number of anilines is 1. The molecule has 0 atom stereocenters. The van der Waals surface area contributed by atoms with Gasteiger partial charge in [0.25, 0.3) is 5.91 Å². The standard InChI is InChI=1S/C18H17F2N5O/c19-13-7-12(8-14(20)9-13)17(23)25-6-5-24(10-16(25)22)18(26)11-1-3-15(21)4-2-11/h1-4,7-9,22-23H,5-6,10,21H2. The van der Waals surface area contributed by atoms with Gasteiger partial charge in [-0.3, -0.25) is 15.6 Å². The first-order valence-electron chi connectivity index (χ1n) is 7.90. The zero-order chi connectivity index (χ0) is 18.8. The van der Waals surface area contributed by atoms with E-state index >= 15 is 0 Å². The molecule has 6 nitrogen and oxygen atoms in total. The summed E-state index contributed by atoms with van der Waals surface area (Å²) in [6.45, 7) is 0.478. The molecular weight excluding hydrogens is 340 g/mol. The molecule has 0 aliphatic carbocycles. The monoisotopic (exact) mass is 357 g/mol. The molecule has 3 rings (SSSR count). The van der Waals surface area contributed by atoms with Crippen LogP contribution in [0.3, 0.4) is 0 Å². The van der Waals surface area contributed by atoms with Crippen molar-refractivity contribution < 1.29 is 13.6 Å². The number of amidine groups is 2. The molecule has 1 heterocycles. The summed E-state index contributed by atoms with van der Waals surface area (Å²) >= 11 is 0. The average molecular weight is 357 g/mol. The summed E-state index contributed by atoms with van der Waals surface area (Å²) in [4.78, 5) is 15.3. The third kappa shape index (κ3) is 3.53. The van der Waals surface area contributed by atoms with Crippen molar-refractivity contribution in [2.45, 2.75) is 0 Å². The first-order chi connectivity index (χ1) is 12.3. The van der Waals surface area contributed by atoms with Crippen LogP contribution in [0.1, 0.15) is 15.9 Å². The molecule has 1 aliphatic rings. The Balaban J connectivity index is 1.72. The van der Waals surface area contributed by atoms with Crippen LogP contribution < -0.4 is 5.73 Å². The summed E-state index contributed by atoms with van der Waals surface area (Å²) in [5.41, 5.74) is 6.67. The highest BCUT2D eigenvalue weighted by Crippen LogP contribution is 2.15. The summed E-state index contributed by atoms with van der Waals surface area (Å²) in [6, 6.07) is 9.31. The normalized spacial score (nSPS) is 14.5. The van der Waals surface area contributed by atoms with Crippen LogP contribution in [0, 0.1) is 22.5 Å². The lowest BCUT2D eigenvalue weighted by Gasteiger charge is -2.36. The van der Waals surface area contributed by atoms with Crippen molar-refractivity contribution >= 4 is 23.3 Å². The van der Waals surface area contributed by atoms with Gasteiger partial charge >= 0.3 is 0 Å². The Labute approximate surface area is 148 Å². The van der Waals surface area contributed by atoms with Crippen molar-refractivity contribution in [3.8, 4) is 0 Å². The number of nitrogen functional groups attached to an aromatic ring is 1. The number of benzene rings is 2. The second-order valence-corrected chi connectivity index (χ2v) is 5.95. The number of nitrogens with two attached hydrogens (primary N) is 1. The summed E-state index contributed by atoms with van der Waals surface area (Å²) in [7, 11) is 0. The fourth-order valence-corrected chi connectivity index (χ4v) is 2.78. The van der Waals surface area contributed by atoms with Gasteiger partial charge in [-0.05, 0) is 36.4 Å². The minimum Gasteiger partial charge on any atom is -0.399 e. The maximum Gasteiger partial charge on any atom is 0.254 e. The van der Waals surface area contributed by atoms with Gasteiger partial charge < -0.3 is 15.5 Å². The number of hydrogen-bond donors (Lipinski definition) is 3. The molecule has 8 heteroatoms. The van der Waals surface area contributed by atoms with Crippen LogP contribution in [0.4, 0.5) is 14.5 Å². The molecule has 1 aliphatic heterocycles. The van der Waals surface area contributed by atoms with Crippen molar-refractivity contribution in [3.05, 3.63) is 65.2 Å². The smallest absolute Gasteiger partial charge is 0.254 e. The van der Waals surface area contributed by atoms with Crippen LogP contribution in [-0.2, 0) is 0 Å². The van der Waals surface area contributed by atoms with Gasteiger partial charge in [0.15, 0.2) is 0 Å². The Bertz CT molecular complexity index is 861. The van der Waals surface area contributed by atoms with Crippen molar-refractivity contribution in [2.75, 3.05) is 25.4 Å². The number of rotatable bonds is 2. The van der Waals surface area contributed by atoms with Gasteiger partial charge in [0.05, 0.1) is 6.54 Å². The van der Waals surface area contributed by atoms with E-state index in [9.17, 15) is 13.6 Å². The number of nitrogens with zero attached hydrogens (tertiary/aromatic N) is 2. The van der Waals surface area contributed by atoms with Crippen LogP contribution in [-0.4, -0.2) is 47.0 Å². The summed E-state index contributed by atoms with van der Waals surface area (Å²) in [5, 5.41) is 16.3. The van der Waals surface area contributed by atoms with Crippen molar-refractivity contribution in [1.29, 1.82) is 10.8 Å². The third-order valence-corrected chi connectivity index (χ3v) is 4.11. The molecule has 0 saturated carbocycles. The maximum absolute atomic E-state index is 13.4. The largest absolute Gasteiger partial charge is 0.399 e. The SMILES string of the molecule is N=C1CN(C(=O)c2ccc(N)cc2)CCN1C(=N)c1cc(F)cc(F)c1. The lowest BCUT2D eigenvalue weighted by molar-refractivity contribution is 0.0757. The maximum atomic E-state index is 13.4. The molecule has 26 heavy (non-hydrogen) atoms. The first kappa shape index (κ1) is 17.5. The molecule has 2 aromatic rings. The minimum atomic E-state index is -0.784. The topological polar surface area (TPSA) is 97.3 Å². The molecule has 0 radical (unpaired) electrons. The number of nitrogens with one attached hydrogen (secondary N) is 2. The number of amides is 1. The Morgan fingerprint density at radius 3 is 2.19 bits per heavy atom. The van der Waals surface area contributed by atoms with Gasteiger partial charge in [0.2, 0.25) is 0 Å². The Morgan fingerprint density at radius 1 is 1.00 bits per heavy atom. The lowest BCUT2D eigenvalue weighted by atomic mass is 10.1. The zero-order valence-electron chi connectivity index (χ0n) is 13.8. The van der Waals surface area contributed by atoms with Crippen LogP contribution in [0.5, 0.6) is 0 Å². The summed E-state index contributed by atoms with van der Waals surface area (Å²) < 4.78 is 26.7. The van der Waals surface area contributed by atoms with E-state index in [1.807, 2.05) is 0 Å². The number of piperazine rings is 1. The molecule has 0 aromatic heterocycles. The molecule has 1 fully saturated rings. The van der Waals surface area contributed by atoms with E-state index in [1.54, 1.807) is 24.3 Å². The first-order valence-corrected chi connectivity index (χ1v) is 7.90. The van der Waals surface area contributed by atoms with E-state index in [4.69, 9.17) is 16.6 Å². The van der Waals surface area contributed by atoms with Crippen molar-refractivity contribution in [3.63, 3.8) is 0 Å². The van der Waals surface area contributed by atoms with E-state index in [0.29, 0.717) is 11.3 Å². The predicted octanol–water partition coefficient (Wildman–Crippen LogP) is 2.31. The van der Waals surface area contributed by atoms with Crippen LogP contribution in [0.15, 0.2) is 42.5 Å². The molecule has 4 N–H and O–H groups in total. The molecule has 1 amide bonds. The molecule has 0 spiro atoms. The predicted molar refractivity (Wildman–Crippen MR) is 94.4 cm³/mol. The van der Waals surface area contributed by atoms with Crippen molar-refractivity contribution in [2.24, 2.45) is 0 Å². The summed E-state index contributed by atoms with van der Waals surface area (Å²) in [5.74, 6) is -1.97. The van der Waals surface area contributed by atoms with Gasteiger partial charge in [-0.25, -0.2) is 8.78 Å².